The lowest BCUT2D eigenvalue weighted by molar-refractivity contribution is 0.793. The summed E-state index contributed by atoms with van der Waals surface area (Å²) >= 11 is 0. The van der Waals surface area contributed by atoms with Gasteiger partial charge in [-0.3, -0.25) is 0 Å². The highest BCUT2D eigenvalue weighted by Crippen LogP contribution is 2.65. The van der Waals surface area contributed by atoms with E-state index >= 15 is 0 Å². The predicted octanol–water partition coefficient (Wildman–Crippen LogP) is 20.6. The van der Waals surface area contributed by atoms with E-state index in [0.717, 1.165) is 34.1 Å². The molecule has 0 amide bonds. The van der Waals surface area contributed by atoms with Gasteiger partial charge in [0.2, 0.25) is 0 Å². The van der Waals surface area contributed by atoms with Crippen molar-refractivity contribution in [3.63, 3.8) is 0 Å². The molecule has 0 fully saturated rings. The lowest BCUT2D eigenvalue weighted by Gasteiger charge is -2.32. The zero-order valence-electron chi connectivity index (χ0n) is 44.9. The molecule has 0 saturated carbocycles. The zero-order chi connectivity index (χ0) is 53.9. The van der Waals surface area contributed by atoms with Crippen LogP contribution in [0, 0.1) is 0 Å². The molecule has 13 aromatic carbocycles. The van der Waals surface area contributed by atoms with Crippen LogP contribution < -0.4 is 9.80 Å². The molecule has 0 N–H and O–H groups in total. The quantitative estimate of drug-likeness (QED) is 0.150. The molecule has 13 aromatic rings. The first-order valence-corrected chi connectivity index (χ1v) is 28.6. The summed E-state index contributed by atoms with van der Waals surface area (Å²) in [5.41, 5.74) is 31.7. The molecule has 4 aliphatic carbocycles. The van der Waals surface area contributed by atoms with Crippen molar-refractivity contribution in [3.05, 3.63) is 360 Å². The van der Waals surface area contributed by atoms with Gasteiger partial charge < -0.3 is 9.80 Å². The molecule has 2 spiro atoms. The van der Waals surface area contributed by atoms with Crippen LogP contribution in [0.3, 0.4) is 0 Å². The van der Waals surface area contributed by atoms with E-state index in [-0.39, 0.29) is 0 Å². The van der Waals surface area contributed by atoms with Gasteiger partial charge in [-0.05, 0) is 184 Å². The second-order valence-corrected chi connectivity index (χ2v) is 22.2. The Hall–Kier alpha value is -10.5. The Balaban J connectivity index is 0.695. The summed E-state index contributed by atoms with van der Waals surface area (Å²) in [5.74, 6) is 0. The highest BCUT2D eigenvalue weighted by molar-refractivity contribution is 5.98. The number of benzene rings is 13. The van der Waals surface area contributed by atoms with E-state index in [4.69, 9.17) is 0 Å². The van der Waals surface area contributed by atoms with Crippen LogP contribution in [0.1, 0.15) is 44.5 Å². The Morgan fingerprint density at radius 3 is 0.646 bits per heavy atom. The molecule has 0 heterocycles. The van der Waals surface area contributed by atoms with E-state index in [1.165, 1.54) is 111 Å². The summed E-state index contributed by atoms with van der Waals surface area (Å²) in [7, 11) is 0. The third-order valence-electron chi connectivity index (χ3n) is 18.3. The van der Waals surface area contributed by atoms with Gasteiger partial charge in [0.15, 0.2) is 0 Å². The number of hydrogen-bond donors (Lipinski definition) is 0. The fourth-order valence-electron chi connectivity index (χ4n) is 15.0. The van der Waals surface area contributed by atoms with E-state index < -0.39 is 10.8 Å². The maximum atomic E-state index is 2.47. The summed E-state index contributed by atoms with van der Waals surface area (Å²) in [6.07, 6.45) is 0. The van der Waals surface area contributed by atoms with Crippen molar-refractivity contribution >= 4 is 34.1 Å². The number of para-hydroxylation sites is 2. The molecule has 2 heteroatoms. The van der Waals surface area contributed by atoms with Crippen LogP contribution in [-0.4, -0.2) is 0 Å². The molecule has 82 heavy (non-hydrogen) atoms. The Bertz CT molecular complexity index is 4240. The number of rotatable bonds is 8. The first-order valence-electron chi connectivity index (χ1n) is 28.6. The molecule has 0 saturated heterocycles. The van der Waals surface area contributed by atoms with Crippen molar-refractivity contribution in [2.24, 2.45) is 0 Å². The first kappa shape index (κ1) is 46.4. The minimum Gasteiger partial charge on any atom is -0.310 e. The molecule has 0 aromatic heterocycles. The standard InChI is InChI=1S/C80H52N2/c1-3-19-57(20-4-1)81(61-47-49-69-67-27-11-17-33-75(67)79(77(69)51-61)71-29-13-7-23-63(71)64-24-8-14-30-72(64)79)59-43-39-55(40-44-59)53-35-37-54(38-36-53)56-41-45-60(46-42-56)82(58-21-5-2-6-22-58)62-48-50-70-68-28-12-18-34-76(68)80(78(70)52-62)73-31-15-9-25-65(73)66-26-10-16-32-74(66)80/h1-52H. The van der Waals surface area contributed by atoms with Gasteiger partial charge in [0.25, 0.3) is 0 Å². The smallest absolute Gasteiger partial charge is 0.0726 e. The molecule has 0 aliphatic heterocycles. The normalized spacial score (nSPS) is 13.6. The Labute approximate surface area is 478 Å². The molecule has 2 nitrogen and oxygen atoms in total. The molecular weight excluding hydrogens is 989 g/mol. The van der Waals surface area contributed by atoms with Gasteiger partial charge in [-0.1, -0.05) is 243 Å². The zero-order valence-corrected chi connectivity index (χ0v) is 44.9. The van der Waals surface area contributed by atoms with Gasteiger partial charge in [0, 0.05) is 34.1 Å². The van der Waals surface area contributed by atoms with Gasteiger partial charge >= 0.3 is 0 Å². The molecule has 0 atom stereocenters. The minimum absolute atomic E-state index is 0.420. The first-order chi connectivity index (χ1) is 40.7. The second-order valence-electron chi connectivity index (χ2n) is 22.2. The number of hydrogen-bond acceptors (Lipinski definition) is 2. The van der Waals surface area contributed by atoms with Crippen molar-refractivity contribution in [3.8, 4) is 66.8 Å². The molecule has 4 aliphatic rings. The van der Waals surface area contributed by atoms with Crippen LogP contribution in [0.25, 0.3) is 66.8 Å². The van der Waals surface area contributed by atoms with Gasteiger partial charge in [0.1, 0.15) is 0 Å². The highest BCUT2D eigenvalue weighted by Gasteiger charge is 2.53. The van der Waals surface area contributed by atoms with E-state index in [2.05, 4.69) is 325 Å². The van der Waals surface area contributed by atoms with Crippen molar-refractivity contribution < 1.29 is 0 Å². The van der Waals surface area contributed by atoms with Crippen LogP contribution in [0.2, 0.25) is 0 Å². The molecule has 0 bridgehead atoms. The summed E-state index contributed by atoms with van der Waals surface area (Å²) in [4.78, 5) is 4.82. The van der Waals surface area contributed by atoms with E-state index in [1.54, 1.807) is 0 Å². The van der Waals surface area contributed by atoms with E-state index in [9.17, 15) is 0 Å². The molecule has 382 valence electrons. The topological polar surface area (TPSA) is 6.48 Å². The Kier molecular flexibility index (Phi) is 10.2. The molecule has 17 rings (SSSR count). The van der Waals surface area contributed by atoms with Gasteiger partial charge in [-0.15, -0.1) is 0 Å². The average Bonchev–Trinajstić information content (AvgIpc) is 2.26. The molecular formula is C80H52N2. The number of fused-ring (bicyclic) bond motifs is 20. The van der Waals surface area contributed by atoms with Crippen LogP contribution in [0.15, 0.2) is 315 Å². The van der Waals surface area contributed by atoms with Crippen LogP contribution in [0.4, 0.5) is 34.1 Å². The fraction of sp³-hybridized carbons (Fsp3) is 0.0250. The second kappa shape index (κ2) is 18.0. The molecule has 0 unspecified atom stereocenters. The monoisotopic (exact) mass is 1040 g/mol. The van der Waals surface area contributed by atoms with Crippen molar-refractivity contribution in [1.82, 2.24) is 0 Å². The van der Waals surface area contributed by atoms with Gasteiger partial charge in [-0.25, -0.2) is 0 Å². The Morgan fingerprint density at radius 1 is 0.159 bits per heavy atom. The van der Waals surface area contributed by atoms with Crippen molar-refractivity contribution in [1.29, 1.82) is 0 Å². The average molecular weight is 1040 g/mol. The maximum Gasteiger partial charge on any atom is 0.0726 e. The maximum absolute atomic E-state index is 2.47. The van der Waals surface area contributed by atoms with Crippen LogP contribution in [-0.2, 0) is 10.8 Å². The van der Waals surface area contributed by atoms with Crippen molar-refractivity contribution in [2.45, 2.75) is 10.8 Å². The lowest BCUT2D eigenvalue weighted by Crippen LogP contribution is -2.26. The van der Waals surface area contributed by atoms with E-state index in [0.29, 0.717) is 0 Å². The SMILES string of the molecule is c1ccc(N(c2ccc(-c3ccc(-c4ccc(N(c5ccccc5)c5ccc6c(c5)C5(c7ccccc7-c7ccccc75)c5ccccc5-6)cc4)cc3)cc2)c2ccc3c(c2)C2(c4ccccc4-c4ccccc42)c2ccccc2-3)cc1. The summed E-state index contributed by atoms with van der Waals surface area (Å²) in [6.45, 7) is 0. The number of nitrogens with zero attached hydrogens (tertiary/aromatic N) is 2. The van der Waals surface area contributed by atoms with Gasteiger partial charge in [0.05, 0.1) is 10.8 Å². The summed E-state index contributed by atoms with van der Waals surface area (Å²) < 4.78 is 0. The fourth-order valence-corrected chi connectivity index (χ4v) is 15.0. The van der Waals surface area contributed by atoms with Crippen molar-refractivity contribution in [2.75, 3.05) is 9.80 Å². The summed E-state index contributed by atoms with van der Waals surface area (Å²) in [6, 6.07) is 117. The third kappa shape index (κ3) is 6.52. The number of anilines is 6. The predicted molar refractivity (Wildman–Crippen MR) is 339 cm³/mol. The van der Waals surface area contributed by atoms with Crippen LogP contribution in [0.5, 0.6) is 0 Å². The lowest BCUT2D eigenvalue weighted by atomic mass is 9.70. The highest BCUT2D eigenvalue weighted by atomic mass is 15.1. The van der Waals surface area contributed by atoms with E-state index in [1.807, 2.05) is 0 Å². The van der Waals surface area contributed by atoms with Crippen LogP contribution >= 0.6 is 0 Å². The summed E-state index contributed by atoms with van der Waals surface area (Å²) in [5, 5.41) is 0. The minimum atomic E-state index is -0.420. The largest absolute Gasteiger partial charge is 0.310 e. The van der Waals surface area contributed by atoms with Gasteiger partial charge in [-0.2, -0.15) is 0 Å². The molecule has 0 radical (unpaired) electrons. The Morgan fingerprint density at radius 2 is 0.366 bits per heavy atom. The third-order valence-corrected chi connectivity index (χ3v) is 18.3.